The Morgan fingerprint density at radius 3 is 3.00 bits per heavy atom. The van der Waals surface area contributed by atoms with E-state index in [1.54, 1.807) is 11.1 Å². The molecule has 2 aliphatic heterocycles. The molecule has 2 aliphatic rings. The number of aliphatic hydroxyl groups is 2. The minimum atomic E-state index is -1.03. The number of anilines is 3. The molecule has 0 aromatic carbocycles. The number of aryl methyl sites for hydroxylation is 1. The zero-order valence-electron chi connectivity index (χ0n) is 18.6. The van der Waals surface area contributed by atoms with Crippen LogP contribution >= 0.6 is 0 Å². The first-order valence-electron chi connectivity index (χ1n) is 11.0. The first kappa shape index (κ1) is 22.0. The number of urea groups is 1. The molecule has 2 atom stereocenters. The van der Waals surface area contributed by atoms with Gasteiger partial charge in [0.2, 0.25) is 5.88 Å². The standard InChI is InChI=1S/C23H25N7O4/c1-14-8-15(4-6-25-14)18-2-3-19-22(26-18)30(16-5-7-29(19)11-16)23(33)28-20-9-24-10-21(27-20)34-13-17(32)12-31/h2-4,6,8-10,16-17,31-32H,5,7,11-13H2,1H3,(H,27,28,33)/t16-,17-/m0/s1. The molecule has 11 nitrogen and oxygen atoms in total. The highest BCUT2D eigenvalue weighted by Crippen LogP contribution is 2.40. The zero-order valence-corrected chi connectivity index (χ0v) is 18.6. The summed E-state index contributed by atoms with van der Waals surface area (Å²) in [4.78, 5) is 34.8. The third-order valence-corrected chi connectivity index (χ3v) is 5.84. The number of fused-ring (bicyclic) bond motifs is 4. The van der Waals surface area contributed by atoms with Crippen molar-refractivity contribution in [2.75, 3.05) is 41.4 Å². The van der Waals surface area contributed by atoms with Gasteiger partial charge in [-0.3, -0.25) is 20.2 Å². The van der Waals surface area contributed by atoms with Gasteiger partial charge >= 0.3 is 6.03 Å². The van der Waals surface area contributed by atoms with Crippen LogP contribution in [0.2, 0.25) is 0 Å². The molecule has 5 rings (SSSR count). The Labute approximate surface area is 196 Å². The minimum absolute atomic E-state index is 0.0125. The fourth-order valence-corrected chi connectivity index (χ4v) is 4.22. The van der Waals surface area contributed by atoms with Gasteiger partial charge in [0.25, 0.3) is 0 Å². The van der Waals surface area contributed by atoms with Gasteiger partial charge in [-0.1, -0.05) is 0 Å². The maximum absolute atomic E-state index is 13.4. The number of hydrogen-bond donors (Lipinski definition) is 3. The van der Waals surface area contributed by atoms with Crippen LogP contribution in [-0.2, 0) is 0 Å². The number of pyridine rings is 2. The first-order valence-corrected chi connectivity index (χ1v) is 11.0. The maximum Gasteiger partial charge on any atom is 0.329 e. The molecule has 2 bridgehead atoms. The smallest absolute Gasteiger partial charge is 0.329 e. The van der Waals surface area contributed by atoms with Crippen molar-refractivity contribution in [2.24, 2.45) is 0 Å². The molecule has 3 N–H and O–H groups in total. The molecule has 34 heavy (non-hydrogen) atoms. The molecule has 0 unspecified atom stereocenters. The van der Waals surface area contributed by atoms with Crippen molar-refractivity contribution < 1.29 is 19.7 Å². The van der Waals surface area contributed by atoms with Crippen LogP contribution in [0.15, 0.2) is 42.9 Å². The van der Waals surface area contributed by atoms with Crippen LogP contribution in [0.25, 0.3) is 11.3 Å². The van der Waals surface area contributed by atoms with Gasteiger partial charge in [-0.15, -0.1) is 0 Å². The largest absolute Gasteiger partial charge is 0.474 e. The van der Waals surface area contributed by atoms with Crippen molar-refractivity contribution in [3.63, 3.8) is 0 Å². The molecule has 0 saturated carbocycles. The number of hydrogen-bond acceptors (Lipinski definition) is 9. The predicted octanol–water partition coefficient (Wildman–Crippen LogP) is 1.60. The van der Waals surface area contributed by atoms with Crippen LogP contribution in [0.3, 0.4) is 0 Å². The molecule has 1 fully saturated rings. The quantitative estimate of drug-likeness (QED) is 0.498. The Morgan fingerprint density at radius 1 is 1.29 bits per heavy atom. The Kier molecular flexibility index (Phi) is 5.95. The first-order chi connectivity index (χ1) is 16.5. The second-order valence-corrected chi connectivity index (χ2v) is 8.30. The van der Waals surface area contributed by atoms with Crippen molar-refractivity contribution >= 4 is 23.4 Å². The van der Waals surface area contributed by atoms with Crippen LogP contribution in [0.4, 0.5) is 22.1 Å². The van der Waals surface area contributed by atoms with Crippen LogP contribution in [0.1, 0.15) is 12.1 Å². The Balaban J connectivity index is 1.41. The van der Waals surface area contributed by atoms with Gasteiger partial charge in [-0.05, 0) is 37.6 Å². The number of carbonyl (C=O) groups excluding carboxylic acids is 1. The Morgan fingerprint density at radius 2 is 2.18 bits per heavy atom. The van der Waals surface area contributed by atoms with Crippen molar-refractivity contribution in [2.45, 2.75) is 25.5 Å². The van der Waals surface area contributed by atoms with Gasteiger partial charge in [0.1, 0.15) is 12.7 Å². The fourth-order valence-electron chi connectivity index (χ4n) is 4.22. The van der Waals surface area contributed by atoms with E-state index in [-0.39, 0.29) is 30.4 Å². The molecule has 3 aromatic rings. The molecule has 0 radical (unpaired) electrons. The minimum Gasteiger partial charge on any atom is -0.474 e. The predicted molar refractivity (Wildman–Crippen MR) is 125 cm³/mol. The number of rotatable bonds is 6. The van der Waals surface area contributed by atoms with Crippen LogP contribution in [0.5, 0.6) is 5.88 Å². The van der Waals surface area contributed by atoms with Crippen molar-refractivity contribution in [1.82, 2.24) is 19.9 Å². The lowest BCUT2D eigenvalue weighted by atomic mass is 10.1. The van der Waals surface area contributed by atoms with E-state index in [0.717, 1.165) is 42.1 Å². The van der Waals surface area contributed by atoms with E-state index < -0.39 is 12.7 Å². The van der Waals surface area contributed by atoms with Crippen molar-refractivity contribution in [3.05, 3.63) is 48.5 Å². The number of nitrogens with one attached hydrogen (secondary N) is 1. The fraction of sp³-hybridized carbons (Fsp3) is 0.348. The Bertz CT molecular complexity index is 1210. The summed E-state index contributed by atoms with van der Waals surface area (Å²) in [6, 6.07) is 7.47. The summed E-state index contributed by atoms with van der Waals surface area (Å²) in [5.74, 6) is 0.943. The Hall–Kier alpha value is -3.83. The summed E-state index contributed by atoms with van der Waals surface area (Å²) in [6.07, 6.45) is 4.34. The molecule has 1 saturated heterocycles. The van der Waals surface area contributed by atoms with Gasteiger partial charge in [-0.2, -0.15) is 4.98 Å². The number of aromatic nitrogens is 4. The summed E-state index contributed by atoms with van der Waals surface area (Å²) >= 11 is 0. The monoisotopic (exact) mass is 463 g/mol. The summed E-state index contributed by atoms with van der Waals surface area (Å²) in [5, 5.41) is 21.2. The van der Waals surface area contributed by atoms with Crippen molar-refractivity contribution in [1.29, 1.82) is 0 Å². The third-order valence-electron chi connectivity index (χ3n) is 5.84. The van der Waals surface area contributed by atoms with Gasteiger partial charge in [0.05, 0.1) is 36.4 Å². The van der Waals surface area contributed by atoms with Crippen molar-refractivity contribution in [3.8, 4) is 17.1 Å². The van der Waals surface area contributed by atoms with E-state index in [4.69, 9.17) is 14.8 Å². The highest BCUT2D eigenvalue weighted by molar-refractivity contribution is 6.04. The number of ether oxygens (including phenoxy) is 1. The molecular weight excluding hydrogens is 438 g/mol. The normalized spacial score (nSPS) is 17.3. The zero-order chi connectivity index (χ0) is 23.7. The summed E-state index contributed by atoms with van der Waals surface area (Å²) < 4.78 is 5.33. The van der Waals surface area contributed by atoms with Crippen LogP contribution in [0, 0.1) is 6.92 Å². The second-order valence-electron chi connectivity index (χ2n) is 8.30. The van der Waals surface area contributed by atoms with Crippen LogP contribution < -0.4 is 19.9 Å². The molecule has 11 heteroatoms. The summed E-state index contributed by atoms with van der Waals surface area (Å²) in [5.41, 5.74) is 3.51. The number of aliphatic hydroxyl groups excluding tert-OH is 2. The molecule has 0 spiro atoms. The average molecular weight is 463 g/mol. The van der Waals surface area contributed by atoms with Gasteiger partial charge in [0.15, 0.2) is 11.6 Å². The number of carbonyl (C=O) groups is 1. The van der Waals surface area contributed by atoms with E-state index in [1.165, 1.54) is 12.4 Å². The van der Waals surface area contributed by atoms with E-state index in [1.807, 2.05) is 31.2 Å². The lowest BCUT2D eigenvalue weighted by molar-refractivity contribution is 0.0520. The topological polar surface area (TPSA) is 137 Å². The second kappa shape index (κ2) is 9.20. The highest BCUT2D eigenvalue weighted by Gasteiger charge is 2.40. The lowest BCUT2D eigenvalue weighted by Gasteiger charge is -2.35. The lowest BCUT2D eigenvalue weighted by Crippen LogP contribution is -2.48. The average Bonchev–Trinajstić information content (AvgIpc) is 3.26. The molecule has 0 aliphatic carbocycles. The van der Waals surface area contributed by atoms with E-state index in [0.29, 0.717) is 5.82 Å². The van der Waals surface area contributed by atoms with Crippen LogP contribution in [-0.4, -0.2) is 74.6 Å². The van der Waals surface area contributed by atoms with E-state index in [9.17, 15) is 9.90 Å². The molecule has 5 heterocycles. The van der Waals surface area contributed by atoms with E-state index in [2.05, 4.69) is 25.2 Å². The molecule has 2 amide bonds. The summed E-state index contributed by atoms with van der Waals surface area (Å²) in [7, 11) is 0. The van der Waals surface area contributed by atoms with Gasteiger partial charge < -0.3 is 19.8 Å². The maximum atomic E-state index is 13.4. The number of amides is 2. The van der Waals surface area contributed by atoms with Gasteiger partial charge in [-0.25, -0.2) is 9.78 Å². The number of nitrogens with zero attached hydrogens (tertiary/aromatic N) is 6. The molecule has 3 aromatic heterocycles. The highest BCUT2D eigenvalue weighted by atomic mass is 16.5. The summed E-state index contributed by atoms with van der Waals surface area (Å²) in [6.45, 7) is 2.96. The van der Waals surface area contributed by atoms with E-state index >= 15 is 0 Å². The molecule has 176 valence electrons. The van der Waals surface area contributed by atoms with Gasteiger partial charge in [0, 0.05) is 30.5 Å². The molecular formula is C23H25N7O4. The SMILES string of the molecule is Cc1cc(-c2ccc3c(n2)N(C(=O)Nc2cncc(OC[C@@H](O)CO)n2)[C@H]2CCN3C2)ccn1. The third kappa shape index (κ3) is 4.35.